The fraction of sp³-hybridized carbons (Fsp3) is 0.600. The summed E-state index contributed by atoms with van der Waals surface area (Å²) < 4.78 is 27.6. The summed E-state index contributed by atoms with van der Waals surface area (Å²) in [6.45, 7) is 8.57. The predicted octanol–water partition coefficient (Wildman–Crippen LogP) is 2.63. The van der Waals surface area contributed by atoms with Crippen molar-refractivity contribution in [2.24, 2.45) is 11.8 Å². The Labute approximate surface area is 122 Å². The Morgan fingerprint density at radius 1 is 1.25 bits per heavy atom. The molecular weight excluding hydrogens is 272 g/mol. The number of sulfonamides is 1. The summed E-state index contributed by atoms with van der Waals surface area (Å²) in [5.41, 5.74) is 6.97. The first kappa shape index (κ1) is 15.3. The van der Waals surface area contributed by atoms with E-state index in [1.54, 1.807) is 29.4 Å². The van der Waals surface area contributed by atoms with Gasteiger partial charge < -0.3 is 5.73 Å². The molecule has 1 heterocycles. The van der Waals surface area contributed by atoms with Crippen molar-refractivity contribution >= 4 is 15.7 Å². The van der Waals surface area contributed by atoms with E-state index in [2.05, 4.69) is 13.8 Å². The number of nitrogen functional groups attached to an aromatic ring is 1. The molecule has 2 N–H and O–H groups in total. The standard InChI is InChI=1S/C15H24N2O2S/c1-10-8-12(3)13(4)17(9-10)20(18,19)15-11(2)6-5-7-14(15)16/h5-7,10,12-13H,8-9,16H2,1-4H3. The highest BCUT2D eigenvalue weighted by Crippen LogP contribution is 2.34. The van der Waals surface area contributed by atoms with Gasteiger partial charge in [-0.2, -0.15) is 4.31 Å². The van der Waals surface area contributed by atoms with E-state index in [4.69, 9.17) is 5.73 Å². The maximum absolute atomic E-state index is 13.0. The van der Waals surface area contributed by atoms with Crippen molar-refractivity contribution in [3.8, 4) is 0 Å². The molecule has 1 aromatic rings. The largest absolute Gasteiger partial charge is 0.398 e. The van der Waals surface area contributed by atoms with Crippen LogP contribution in [0.15, 0.2) is 23.1 Å². The molecule has 1 aliphatic rings. The van der Waals surface area contributed by atoms with Crippen LogP contribution in [0, 0.1) is 18.8 Å². The first-order valence-electron chi connectivity index (χ1n) is 7.12. The molecule has 20 heavy (non-hydrogen) atoms. The second-order valence-corrected chi connectivity index (χ2v) is 7.95. The smallest absolute Gasteiger partial charge is 0.245 e. The number of nitrogens with two attached hydrogens (primary N) is 1. The van der Waals surface area contributed by atoms with E-state index in [9.17, 15) is 8.42 Å². The Bertz CT molecular complexity index is 578. The van der Waals surface area contributed by atoms with Crippen LogP contribution in [-0.2, 0) is 10.0 Å². The van der Waals surface area contributed by atoms with Crippen LogP contribution in [0.4, 0.5) is 5.69 Å². The van der Waals surface area contributed by atoms with E-state index < -0.39 is 10.0 Å². The molecule has 0 saturated carbocycles. The van der Waals surface area contributed by atoms with Crippen molar-refractivity contribution in [3.63, 3.8) is 0 Å². The topological polar surface area (TPSA) is 63.4 Å². The first-order valence-corrected chi connectivity index (χ1v) is 8.56. The summed E-state index contributed by atoms with van der Waals surface area (Å²) >= 11 is 0. The lowest BCUT2D eigenvalue weighted by atomic mass is 9.88. The Balaban J connectivity index is 2.49. The normalized spacial score (nSPS) is 28.5. The van der Waals surface area contributed by atoms with Gasteiger partial charge in [-0.05, 0) is 43.7 Å². The van der Waals surface area contributed by atoms with Gasteiger partial charge >= 0.3 is 0 Å². The van der Waals surface area contributed by atoms with Gasteiger partial charge in [0, 0.05) is 12.6 Å². The van der Waals surface area contributed by atoms with Crippen LogP contribution in [0.2, 0.25) is 0 Å². The molecule has 5 heteroatoms. The van der Waals surface area contributed by atoms with E-state index in [1.807, 2.05) is 6.92 Å². The van der Waals surface area contributed by atoms with E-state index in [0.717, 1.165) is 6.42 Å². The minimum absolute atomic E-state index is 0.00945. The van der Waals surface area contributed by atoms with Crippen LogP contribution in [0.1, 0.15) is 32.8 Å². The molecule has 2 rings (SSSR count). The third-order valence-corrected chi connectivity index (χ3v) is 6.53. The fourth-order valence-corrected chi connectivity index (χ4v) is 5.30. The van der Waals surface area contributed by atoms with E-state index in [-0.39, 0.29) is 10.9 Å². The number of hydrogen-bond donors (Lipinski definition) is 1. The van der Waals surface area contributed by atoms with Crippen molar-refractivity contribution in [1.82, 2.24) is 4.31 Å². The van der Waals surface area contributed by atoms with E-state index in [0.29, 0.717) is 29.6 Å². The fourth-order valence-electron chi connectivity index (χ4n) is 3.13. The first-order chi connectivity index (χ1) is 9.25. The van der Waals surface area contributed by atoms with Crippen molar-refractivity contribution in [2.45, 2.75) is 45.1 Å². The average molecular weight is 296 g/mol. The zero-order chi connectivity index (χ0) is 15.1. The summed E-state index contributed by atoms with van der Waals surface area (Å²) in [5, 5.41) is 0. The summed E-state index contributed by atoms with van der Waals surface area (Å²) in [7, 11) is -3.53. The molecular formula is C15H24N2O2S. The molecule has 112 valence electrons. The van der Waals surface area contributed by atoms with Crippen LogP contribution >= 0.6 is 0 Å². The number of nitrogens with zero attached hydrogens (tertiary/aromatic N) is 1. The minimum atomic E-state index is -3.53. The molecule has 0 aromatic heterocycles. The van der Waals surface area contributed by atoms with Crippen molar-refractivity contribution in [1.29, 1.82) is 0 Å². The van der Waals surface area contributed by atoms with Gasteiger partial charge in [0.25, 0.3) is 0 Å². The summed E-state index contributed by atoms with van der Waals surface area (Å²) in [4.78, 5) is 0.271. The van der Waals surface area contributed by atoms with E-state index >= 15 is 0 Å². The van der Waals surface area contributed by atoms with Gasteiger partial charge in [-0.15, -0.1) is 0 Å². The lowest BCUT2D eigenvalue weighted by Gasteiger charge is -2.40. The third kappa shape index (κ3) is 2.56. The molecule has 3 unspecified atom stereocenters. The van der Waals surface area contributed by atoms with Gasteiger partial charge in [0.1, 0.15) is 4.90 Å². The monoisotopic (exact) mass is 296 g/mol. The van der Waals surface area contributed by atoms with Gasteiger partial charge in [0.05, 0.1) is 5.69 Å². The Hall–Kier alpha value is -1.07. The van der Waals surface area contributed by atoms with Crippen LogP contribution in [-0.4, -0.2) is 25.3 Å². The third-order valence-electron chi connectivity index (χ3n) is 4.35. The Morgan fingerprint density at radius 3 is 2.50 bits per heavy atom. The van der Waals surface area contributed by atoms with Crippen LogP contribution < -0.4 is 5.73 Å². The van der Waals surface area contributed by atoms with Gasteiger partial charge in [-0.1, -0.05) is 26.0 Å². The SMILES string of the molecule is Cc1cccc(N)c1S(=O)(=O)N1CC(C)CC(C)C1C. The minimum Gasteiger partial charge on any atom is -0.398 e. The number of benzene rings is 1. The molecule has 0 amide bonds. The zero-order valence-corrected chi connectivity index (χ0v) is 13.4. The number of piperidine rings is 1. The average Bonchev–Trinajstić information content (AvgIpc) is 2.33. The molecule has 1 saturated heterocycles. The van der Waals surface area contributed by atoms with Crippen LogP contribution in [0.3, 0.4) is 0 Å². The van der Waals surface area contributed by atoms with Crippen molar-refractivity contribution in [2.75, 3.05) is 12.3 Å². The van der Waals surface area contributed by atoms with E-state index in [1.165, 1.54) is 0 Å². The molecule has 0 spiro atoms. The molecule has 0 radical (unpaired) electrons. The summed E-state index contributed by atoms with van der Waals surface area (Å²) in [5.74, 6) is 0.736. The molecule has 1 aromatic carbocycles. The lowest BCUT2D eigenvalue weighted by molar-refractivity contribution is 0.157. The van der Waals surface area contributed by atoms with Gasteiger partial charge in [0.2, 0.25) is 10.0 Å². The molecule has 4 nitrogen and oxygen atoms in total. The molecule has 3 atom stereocenters. The molecule has 0 aliphatic carbocycles. The predicted molar refractivity (Wildman–Crippen MR) is 81.9 cm³/mol. The number of anilines is 1. The van der Waals surface area contributed by atoms with Gasteiger partial charge in [-0.25, -0.2) is 8.42 Å². The zero-order valence-electron chi connectivity index (χ0n) is 12.6. The maximum Gasteiger partial charge on any atom is 0.245 e. The second-order valence-electron chi connectivity index (χ2n) is 6.13. The number of aryl methyl sites for hydroxylation is 1. The quantitative estimate of drug-likeness (QED) is 0.853. The van der Waals surface area contributed by atoms with Crippen molar-refractivity contribution in [3.05, 3.63) is 23.8 Å². The number of rotatable bonds is 2. The highest BCUT2D eigenvalue weighted by molar-refractivity contribution is 7.89. The van der Waals surface area contributed by atoms with Crippen LogP contribution in [0.25, 0.3) is 0 Å². The highest BCUT2D eigenvalue weighted by Gasteiger charge is 2.38. The summed E-state index contributed by atoms with van der Waals surface area (Å²) in [6, 6.07) is 5.25. The highest BCUT2D eigenvalue weighted by atomic mass is 32.2. The molecule has 1 fully saturated rings. The Morgan fingerprint density at radius 2 is 1.90 bits per heavy atom. The summed E-state index contributed by atoms with van der Waals surface area (Å²) in [6.07, 6.45) is 1.07. The molecule has 0 bridgehead atoms. The maximum atomic E-state index is 13.0. The second kappa shape index (κ2) is 5.37. The van der Waals surface area contributed by atoms with Gasteiger partial charge in [-0.3, -0.25) is 0 Å². The molecule has 1 aliphatic heterocycles. The Kier molecular flexibility index (Phi) is 4.12. The number of hydrogen-bond acceptors (Lipinski definition) is 3. The lowest BCUT2D eigenvalue weighted by Crippen LogP contribution is -2.48. The van der Waals surface area contributed by atoms with Crippen molar-refractivity contribution < 1.29 is 8.42 Å². The van der Waals surface area contributed by atoms with Crippen LogP contribution in [0.5, 0.6) is 0 Å². The van der Waals surface area contributed by atoms with Gasteiger partial charge in [0.15, 0.2) is 0 Å².